The molecule has 122 valence electrons. The molecule has 0 atom stereocenters. The summed E-state index contributed by atoms with van der Waals surface area (Å²) < 4.78 is 16.1. The van der Waals surface area contributed by atoms with Gasteiger partial charge in [-0.2, -0.15) is 0 Å². The third kappa shape index (κ3) is 3.83. The Morgan fingerprint density at radius 2 is 2.04 bits per heavy atom. The molecule has 0 fully saturated rings. The maximum atomic E-state index is 12.1. The van der Waals surface area contributed by atoms with Crippen molar-refractivity contribution in [2.75, 3.05) is 33.5 Å². The first-order chi connectivity index (χ1) is 11.3. The molecule has 3 rings (SSSR count). The number of amides is 1. The van der Waals surface area contributed by atoms with Crippen molar-refractivity contribution in [3.8, 4) is 21.9 Å². The number of rotatable bonds is 6. The number of hydrogen-bond acceptors (Lipinski definition) is 5. The summed E-state index contributed by atoms with van der Waals surface area (Å²) in [5.41, 5.74) is 1.03. The van der Waals surface area contributed by atoms with Gasteiger partial charge in [0.2, 0.25) is 0 Å². The molecule has 1 aliphatic rings. The molecule has 1 aliphatic heterocycles. The molecule has 1 aromatic heterocycles. The van der Waals surface area contributed by atoms with Crippen molar-refractivity contribution in [1.82, 2.24) is 5.32 Å². The van der Waals surface area contributed by atoms with Gasteiger partial charge < -0.3 is 19.5 Å². The zero-order chi connectivity index (χ0) is 16.1. The number of benzene rings is 1. The molecule has 0 saturated heterocycles. The van der Waals surface area contributed by atoms with Gasteiger partial charge in [0.15, 0.2) is 11.5 Å². The van der Waals surface area contributed by atoms with Crippen LogP contribution in [0, 0.1) is 0 Å². The normalized spacial score (nSPS) is 12.9. The van der Waals surface area contributed by atoms with Crippen molar-refractivity contribution >= 4 is 17.2 Å². The van der Waals surface area contributed by atoms with E-state index in [0.717, 1.165) is 28.4 Å². The van der Waals surface area contributed by atoms with E-state index >= 15 is 0 Å². The van der Waals surface area contributed by atoms with Gasteiger partial charge >= 0.3 is 0 Å². The van der Waals surface area contributed by atoms with Crippen molar-refractivity contribution in [3.05, 3.63) is 35.2 Å². The number of fused-ring (bicyclic) bond motifs is 1. The molecular weight excluding hydrogens is 314 g/mol. The van der Waals surface area contributed by atoms with Crippen LogP contribution in [0.2, 0.25) is 0 Å². The fourth-order valence-corrected chi connectivity index (χ4v) is 3.24. The van der Waals surface area contributed by atoms with Gasteiger partial charge in [0.25, 0.3) is 5.91 Å². The summed E-state index contributed by atoms with van der Waals surface area (Å²) in [6, 6.07) is 9.66. The van der Waals surface area contributed by atoms with Gasteiger partial charge in [0, 0.05) is 25.1 Å². The highest BCUT2D eigenvalue weighted by molar-refractivity contribution is 7.17. The largest absolute Gasteiger partial charge is 0.486 e. The maximum absolute atomic E-state index is 12.1. The van der Waals surface area contributed by atoms with Gasteiger partial charge in [-0.3, -0.25) is 4.79 Å². The molecule has 0 spiro atoms. The van der Waals surface area contributed by atoms with E-state index in [1.165, 1.54) is 11.3 Å². The van der Waals surface area contributed by atoms with Crippen molar-refractivity contribution < 1.29 is 19.0 Å². The molecule has 1 aromatic carbocycles. The quantitative estimate of drug-likeness (QED) is 0.826. The maximum Gasteiger partial charge on any atom is 0.261 e. The smallest absolute Gasteiger partial charge is 0.261 e. The summed E-state index contributed by atoms with van der Waals surface area (Å²) in [4.78, 5) is 13.8. The van der Waals surface area contributed by atoms with Crippen LogP contribution in [0.5, 0.6) is 11.5 Å². The number of ether oxygens (including phenoxy) is 3. The monoisotopic (exact) mass is 333 g/mol. The molecule has 5 nitrogen and oxygen atoms in total. The zero-order valence-corrected chi connectivity index (χ0v) is 13.8. The minimum absolute atomic E-state index is 0.0464. The second kappa shape index (κ2) is 7.48. The molecule has 1 amide bonds. The molecule has 0 unspecified atom stereocenters. The summed E-state index contributed by atoms with van der Waals surface area (Å²) in [5.74, 6) is 1.48. The van der Waals surface area contributed by atoms with Crippen LogP contribution in [0.4, 0.5) is 0 Å². The molecule has 2 aromatic rings. The summed E-state index contributed by atoms with van der Waals surface area (Å²) >= 11 is 1.47. The van der Waals surface area contributed by atoms with E-state index in [2.05, 4.69) is 5.32 Å². The molecule has 0 radical (unpaired) electrons. The highest BCUT2D eigenvalue weighted by Gasteiger charge is 2.14. The Labute approximate surface area is 139 Å². The Hall–Kier alpha value is -2.05. The SMILES string of the molecule is COCCCNC(=O)c1ccc(-c2ccc3c(c2)OCCO3)s1. The average molecular weight is 333 g/mol. The fourth-order valence-electron chi connectivity index (χ4n) is 2.32. The first-order valence-corrected chi connectivity index (χ1v) is 8.36. The average Bonchev–Trinajstić information content (AvgIpc) is 3.08. The van der Waals surface area contributed by atoms with E-state index < -0.39 is 0 Å². The van der Waals surface area contributed by atoms with E-state index in [9.17, 15) is 4.79 Å². The van der Waals surface area contributed by atoms with Crippen LogP contribution in [-0.4, -0.2) is 39.4 Å². The van der Waals surface area contributed by atoms with Crippen LogP contribution in [0.15, 0.2) is 30.3 Å². The molecule has 2 heterocycles. The molecule has 1 N–H and O–H groups in total. The van der Waals surface area contributed by atoms with Crippen LogP contribution < -0.4 is 14.8 Å². The first-order valence-electron chi connectivity index (χ1n) is 7.55. The topological polar surface area (TPSA) is 56.8 Å². The number of carbonyl (C=O) groups excluding carboxylic acids is 1. The minimum Gasteiger partial charge on any atom is -0.486 e. The zero-order valence-electron chi connectivity index (χ0n) is 13.0. The lowest BCUT2D eigenvalue weighted by Crippen LogP contribution is -2.24. The predicted octanol–water partition coefficient (Wildman–Crippen LogP) is 2.95. The highest BCUT2D eigenvalue weighted by Crippen LogP contribution is 2.36. The Bertz CT molecular complexity index is 683. The van der Waals surface area contributed by atoms with Gasteiger partial charge in [-0.05, 0) is 42.3 Å². The third-order valence-corrected chi connectivity index (χ3v) is 4.60. The van der Waals surface area contributed by atoms with E-state index in [4.69, 9.17) is 14.2 Å². The fraction of sp³-hybridized carbons (Fsp3) is 0.353. The molecule has 0 aliphatic carbocycles. The lowest BCUT2D eigenvalue weighted by molar-refractivity contribution is 0.0952. The number of methoxy groups -OCH3 is 1. The van der Waals surface area contributed by atoms with Crippen LogP contribution in [0.1, 0.15) is 16.1 Å². The molecular formula is C17H19NO4S. The van der Waals surface area contributed by atoms with Gasteiger partial charge in [0.05, 0.1) is 4.88 Å². The second-order valence-corrected chi connectivity index (χ2v) is 6.21. The van der Waals surface area contributed by atoms with Crippen molar-refractivity contribution in [1.29, 1.82) is 0 Å². The van der Waals surface area contributed by atoms with E-state index in [1.807, 2.05) is 30.3 Å². The standard InChI is InChI=1S/C17H19NO4S/c1-20-8-2-7-18-17(19)16-6-5-15(23-16)12-3-4-13-14(11-12)22-10-9-21-13/h3-6,11H,2,7-10H2,1H3,(H,18,19). The number of hydrogen-bond donors (Lipinski definition) is 1. The Morgan fingerprint density at radius 3 is 2.87 bits per heavy atom. The van der Waals surface area contributed by atoms with E-state index in [-0.39, 0.29) is 5.91 Å². The third-order valence-electron chi connectivity index (χ3n) is 3.47. The van der Waals surface area contributed by atoms with E-state index in [0.29, 0.717) is 31.2 Å². The van der Waals surface area contributed by atoms with Crippen LogP contribution in [0.3, 0.4) is 0 Å². The van der Waals surface area contributed by atoms with Crippen molar-refractivity contribution in [3.63, 3.8) is 0 Å². The number of thiophene rings is 1. The van der Waals surface area contributed by atoms with Crippen LogP contribution in [0.25, 0.3) is 10.4 Å². The lowest BCUT2D eigenvalue weighted by Gasteiger charge is -2.18. The Kier molecular flexibility index (Phi) is 5.15. The van der Waals surface area contributed by atoms with Gasteiger partial charge in [0.1, 0.15) is 13.2 Å². The van der Waals surface area contributed by atoms with E-state index in [1.54, 1.807) is 7.11 Å². The van der Waals surface area contributed by atoms with Gasteiger partial charge in [-0.1, -0.05) is 0 Å². The van der Waals surface area contributed by atoms with Gasteiger partial charge in [-0.25, -0.2) is 0 Å². The Balaban J connectivity index is 1.68. The Morgan fingerprint density at radius 1 is 1.22 bits per heavy atom. The minimum atomic E-state index is -0.0464. The molecule has 0 bridgehead atoms. The summed E-state index contributed by atoms with van der Waals surface area (Å²) in [6.07, 6.45) is 0.808. The highest BCUT2D eigenvalue weighted by atomic mass is 32.1. The molecule has 23 heavy (non-hydrogen) atoms. The predicted molar refractivity (Wildman–Crippen MR) is 89.6 cm³/mol. The van der Waals surface area contributed by atoms with Gasteiger partial charge in [-0.15, -0.1) is 11.3 Å². The summed E-state index contributed by atoms with van der Waals surface area (Å²) in [7, 11) is 1.65. The van der Waals surface area contributed by atoms with Crippen molar-refractivity contribution in [2.45, 2.75) is 6.42 Å². The number of nitrogens with one attached hydrogen (secondary N) is 1. The van der Waals surface area contributed by atoms with Crippen LogP contribution in [-0.2, 0) is 4.74 Å². The first kappa shape index (κ1) is 15.8. The molecule has 6 heteroatoms. The second-order valence-electron chi connectivity index (χ2n) is 5.12. The van der Waals surface area contributed by atoms with Crippen molar-refractivity contribution in [2.24, 2.45) is 0 Å². The number of carbonyl (C=O) groups is 1. The molecule has 0 saturated carbocycles. The summed E-state index contributed by atoms with van der Waals surface area (Å²) in [6.45, 7) is 2.41. The van der Waals surface area contributed by atoms with Crippen LogP contribution >= 0.6 is 11.3 Å². The summed E-state index contributed by atoms with van der Waals surface area (Å²) in [5, 5.41) is 2.90. The lowest BCUT2D eigenvalue weighted by atomic mass is 10.1.